The molecule has 504 valence electrons. The van der Waals surface area contributed by atoms with Crippen LogP contribution in [0.5, 0.6) is 23.0 Å². The Balaban J connectivity index is 1.01. The van der Waals surface area contributed by atoms with Crippen molar-refractivity contribution in [3.8, 4) is 23.0 Å². The zero-order valence-corrected chi connectivity index (χ0v) is 56.5. The Morgan fingerprint density at radius 1 is 0.260 bits per heavy atom. The smallest absolute Gasteiger partial charge is 0.323 e. The summed E-state index contributed by atoms with van der Waals surface area (Å²) in [5, 5.41) is 32.8. The van der Waals surface area contributed by atoms with Gasteiger partial charge in [-0.15, -0.1) is 0 Å². The minimum atomic E-state index is -0.463. The molecule has 13 rings (SSSR count). The van der Waals surface area contributed by atoms with E-state index in [0.29, 0.717) is 165 Å². The van der Waals surface area contributed by atoms with E-state index < -0.39 is 24.1 Å². The van der Waals surface area contributed by atoms with Gasteiger partial charge in [0.05, 0.1) is 49.2 Å². The molecule has 0 atom stereocenters. The number of amides is 8. The molecule has 8 bridgehead atoms. The van der Waals surface area contributed by atoms with Crippen molar-refractivity contribution in [3.05, 3.63) is 263 Å². The molecule has 100 heavy (non-hydrogen) atoms. The largest absolute Gasteiger partial charge is 0.493 e. The van der Waals surface area contributed by atoms with Crippen LogP contribution in [-0.4, -0.2) is 50.6 Å². The second kappa shape index (κ2) is 31.0. The number of hydrogen-bond donors (Lipinski definition) is 8. The van der Waals surface area contributed by atoms with Gasteiger partial charge in [-0.05, 0) is 120 Å². The van der Waals surface area contributed by atoms with E-state index in [4.69, 9.17) is 18.9 Å². The monoisotopic (exact) mass is 1330 g/mol. The normalized spacial score (nSPS) is 11.7. The Kier molecular flexibility index (Phi) is 20.6. The molecule has 1 aliphatic carbocycles. The third-order valence-corrected chi connectivity index (χ3v) is 17.5. The summed E-state index contributed by atoms with van der Waals surface area (Å²) in [5.41, 5.74) is 10.1. The number of hydrogen-bond acceptors (Lipinski definition) is 8. The molecule has 1 aliphatic rings. The molecule has 0 saturated heterocycles. The molecule has 0 aliphatic heterocycles. The molecule has 0 spiro atoms. The number of anilines is 8. The predicted octanol–water partition coefficient (Wildman–Crippen LogP) is 20.7. The lowest BCUT2D eigenvalue weighted by Gasteiger charge is -2.25. The van der Waals surface area contributed by atoms with E-state index in [-0.39, 0.29) is 25.7 Å². The van der Waals surface area contributed by atoms with Crippen LogP contribution >= 0.6 is 0 Å². The first-order chi connectivity index (χ1) is 49.0. The highest BCUT2D eigenvalue weighted by Crippen LogP contribution is 2.44. The van der Waals surface area contributed by atoms with Gasteiger partial charge in [0, 0.05) is 114 Å². The molecule has 16 heteroatoms. The summed E-state index contributed by atoms with van der Waals surface area (Å²) in [6.45, 7) is 9.61. The van der Waals surface area contributed by atoms with Crippen LogP contribution in [0.3, 0.4) is 0 Å². The molecule has 16 nitrogen and oxygen atoms in total. The predicted molar refractivity (Wildman–Crippen MR) is 406 cm³/mol. The van der Waals surface area contributed by atoms with Crippen LogP contribution in [0.2, 0.25) is 0 Å². The Bertz CT molecular complexity index is 4310. The maximum absolute atomic E-state index is 14.6. The maximum Gasteiger partial charge on any atom is 0.323 e. The fraction of sp³-hybridized carbons (Fsp3) is 0.190. The van der Waals surface area contributed by atoms with Crippen molar-refractivity contribution in [2.75, 3.05) is 69.0 Å². The number of nitrogens with one attached hydrogen (secondary N) is 8. The van der Waals surface area contributed by atoms with Gasteiger partial charge in [-0.3, -0.25) is 0 Å². The van der Waals surface area contributed by atoms with E-state index in [1.807, 2.05) is 218 Å². The quantitative estimate of drug-likeness (QED) is 0.0368. The molecule has 12 aromatic carbocycles. The Hall–Kier alpha value is -12.0. The van der Waals surface area contributed by atoms with Gasteiger partial charge in [0.15, 0.2) is 0 Å². The average molecular weight is 1330 g/mol. The third kappa shape index (κ3) is 15.5. The average Bonchev–Trinajstić information content (AvgIpc) is 0.775. The summed E-state index contributed by atoms with van der Waals surface area (Å²) >= 11 is 0. The summed E-state index contributed by atoms with van der Waals surface area (Å²) < 4.78 is 28.0. The second-order valence-electron chi connectivity index (χ2n) is 25.0. The molecule has 0 saturated carbocycles. The second-order valence-corrected chi connectivity index (χ2v) is 25.0. The van der Waals surface area contributed by atoms with Gasteiger partial charge < -0.3 is 61.5 Å². The number of carbonyl (C=O) groups is 4. The molecular formula is C84H80N8O8. The summed E-state index contributed by atoms with van der Waals surface area (Å²) in [6.07, 6.45) is 3.42. The number of carbonyl (C=O) groups excluding carboxylic acids is 4. The minimum Gasteiger partial charge on any atom is -0.493 e. The van der Waals surface area contributed by atoms with E-state index in [1.54, 1.807) is 0 Å². The first-order valence-electron chi connectivity index (χ1n) is 34.3. The van der Waals surface area contributed by atoms with E-state index in [9.17, 15) is 19.2 Å². The van der Waals surface area contributed by atoms with Crippen molar-refractivity contribution in [1.82, 2.24) is 0 Å². The van der Waals surface area contributed by atoms with Gasteiger partial charge in [0.25, 0.3) is 0 Å². The zero-order valence-electron chi connectivity index (χ0n) is 56.5. The summed E-state index contributed by atoms with van der Waals surface area (Å²) in [7, 11) is 0. The van der Waals surface area contributed by atoms with Gasteiger partial charge in [0.2, 0.25) is 0 Å². The van der Waals surface area contributed by atoms with Crippen LogP contribution in [0.4, 0.5) is 64.7 Å². The third-order valence-electron chi connectivity index (χ3n) is 17.5. The fourth-order valence-corrected chi connectivity index (χ4v) is 13.2. The number of ether oxygens (including phenoxy) is 4. The van der Waals surface area contributed by atoms with E-state index in [2.05, 4.69) is 70.2 Å². The maximum atomic E-state index is 14.6. The summed E-state index contributed by atoms with van der Waals surface area (Å²) in [5.74, 6) is 2.32. The van der Waals surface area contributed by atoms with Crippen LogP contribution in [-0.2, 0) is 25.7 Å². The van der Waals surface area contributed by atoms with E-state index >= 15 is 0 Å². The molecule has 8 amide bonds. The topological polar surface area (TPSA) is 201 Å². The van der Waals surface area contributed by atoms with Crippen molar-refractivity contribution in [1.29, 1.82) is 0 Å². The number of urea groups is 4. The summed E-state index contributed by atoms with van der Waals surface area (Å²) in [6, 6.07) is 68.4. The van der Waals surface area contributed by atoms with Gasteiger partial charge in [0.1, 0.15) is 23.0 Å². The Morgan fingerprint density at radius 2 is 0.450 bits per heavy atom. The fourth-order valence-electron chi connectivity index (χ4n) is 13.2. The van der Waals surface area contributed by atoms with Crippen LogP contribution in [0, 0.1) is 0 Å². The molecule has 12 aromatic rings. The van der Waals surface area contributed by atoms with Crippen molar-refractivity contribution in [2.45, 2.75) is 79.1 Å². The van der Waals surface area contributed by atoms with Crippen molar-refractivity contribution < 1.29 is 38.1 Å². The summed E-state index contributed by atoms with van der Waals surface area (Å²) in [4.78, 5) is 58.5. The highest BCUT2D eigenvalue weighted by Gasteiger charge is 2.27. The van der Waals surface area contributed by atoms with Crippen LogP contribution in [0.15, 0.2) is 218 Å². The number of rotatable bonds is 20. The zero-order chi connectivity index (χ0) is 68.9. The first kappa shape index (κ1) is 66.6. The molecule has 0 radical (unpaired) electrons. The van der Waals surface area contributed by atoms with Crippen LogP contribution in [0.25, 0.3) is 43.1 Å². The molecular weight excluding hydrogens is 1250 g/mol. The molecule has 0 fully saturated rings. The van der Waals surface area contributed by atoms with Gasteiger partial charge in [-0.1, -0.05) is 173 Å². The first-order valence-corrected chi connectivity index (χ1v) is 34.3. The highest BCUT2D eigenvalue weighted by atomic mass is 16.5. The van der Waals surface area contributed by atoms with E-state index in [1.165, 1.54) is 0 Å². The lowest BCUT2D eigenvalue weighted by Crippen LogP contribution is -2.21. The molecule has 0 aromatic heterocycles. The van der Waals surface area contributed by atoms with Gasteiger partial charge >= 0.3 is 24.1 Å². The van der Waals surface area contributed by atoms with E-state index in [0.717, 1.165) is 43.1 Å². The van der Waals surface area contributed by atoms with Gasteiger partial charge in [-0.25, -0.2) is 19.2 Å². The van der Waals surface area contributed by atoms with Gasteiger partial charge in [-0.2, -0.15) is 0 Å². The Morgan fingerprint density at radius 3 is 0.650 bits per heavy atom. The van der Waals surface area contributed by atoms with Crippen LogP contribution in [0.1, 0.15) is 97.9 Å². The van der Waals surface area contributed by atoms with Crippen molar-refractivity contribution >= 4 is 113 Å². The Labute approximate surface area is 581 Å². The number of benzene rings is 12. The van der Waals surface area contributed by atoms with Crippen LogP contribution < -0.4 is 61.5 Å². The standard InChI is InChI=1S/C84H80N8O8/c1-5-37-97-77-57-41-59-47-66(86-82(94)90-74-34-18-26-54-22-10-14-30-70(54)74)49-61(78(59)98-38-6-2)43-63-51-68(88-84(96)92-76-36-20-28-56-24-12-16-32-72(56)76)52-64(80(63)100-40-8-4)44-62-50-67(87-83(95)91-75-35-19-27-55-23-11-15-31-71(55)75)48-60(79(62)99-39-7-3)42-58(77)46-65(45-57)85-81(93)89-73-33-17-25-53-21-9-13-29-69(53)73/h9-36,45-52H,5-8,37-44H2,1-4H3,(H2,85,89,93)(H2,86,90,94)(H2,87,91,95)(H2,88,92,96). The molecule has 0 unspecified atom stereocenters. The lowest BCUT2D eigenvalue weighted by atomic mass is 9.90. The van der Waals surface area contributed by atoms with Crippen molar-refractivity contribution in [2.24, 2.45) is 0 Å². The molecule has 8 N–H and O–H groups in total. The number of fused-ring (bicyclic) bond motifs is 12. The minimum absolute atomic E-state index is 0.180. The lowest BCUT2D eigenvalue weighted by molar-refractivity contribution is 0.261. The van der Waals surface area contributed by atoms with Crippen molar-refractivity contribution in [3.63, 3.8) is 0 Å². The highest BCUT2D eigenvalue weighted by molar-refractivity contribution is 6.10. The molecule has 0 heterocycles. The SMILES string of the molecule is CCCOc1c2cc(NC(=O)Nc3cccc4ccccc34)cc1Cc1cc(NC(=O)Nc3cccc4ccccc34)cc(c1OCCC)Cc1cc(NC(=O)Nc3cccc4ccccc34)cc(c1OCCC)Cc1cc(NC(=O)Nc3cccc4ccccc34)cc(c1OCCC)C2.